The fraction of sp³-hybridized carbons (Fsp3) is 0.0317. The van der Waals surface area contributed by atoms with Gasteiger partial charge in [-0.1, -0.05) is 158 Å². The van der Waals surface area contributed by atoms with Crippen LogP contribution in [0.2, 0.25) is 0 Å². The smallest absolute Gasteiger partial charge is 0.104 e. The van der Waals surface area contributed by atoms with Gasteiger partial charge in [0.15, 0.2) is 0 Å². The van der Waals surface area contributed by atoms with Gasteiger partial charge in [-0.2, -0.15) is 15.8 Å². The molecule has 0 bridgehead atoms. The fourth-order valence-electron chi connectivity index (χ4n) is 11.9. The second-order valence-electron chi connectivity index (χ2n) is 18.0. The van der Waals surface area contributed by atoms with E-state index in [-0.39, 0.29) is 12.0 Å². The zero-order valence-electron chi connectivity index (χ0n) is 37.0. The highest BCUT2D eigenvalue weighted by Crippen LogP contribution is 2.56. The molecule has 0 amide bonds. The van der Waals surface area contributed by atoms with Crippen molar-refractivity contribution in [2.24, 2.45) is 0 Å². The molecule has 2 atom stereocenters. The molecule has 6 nitrogen and oxygen atoms in total. The van der Waals surface area contributed by atoms with E-state index in [2.05, 4.69) is 196 Å². The maximum Gasteiger partial charge on any atom is 0.104 e. The van der Waals surface area contributed by atoms with Crippen LogP contribution in [-0.2, 0) is 0 Å². The molecule has 2 aromatic heterocycles. The van der Waals surface area contributed by atoms with Gasteiger partial charge >= 0.3 is 0 Å². The van der Waals surface area contributed by atoms with Gasteiger partial charge in [-0.15, -0.1) is 0 Å². The van der Waals surface area contributed by atoms with E-state index in [0.29, 0.717) is 33.8 Å². The monoisotopic (exact) mass is 876 g/mol. The van der Waals surface area contributed by atoms with Crippen molar-refractivity contribution in [2.45, 2.75) is 12.0 Å². The average molecular weight is 877 g/mol. The standard InChI is InChI=1S/C63H36N6/c64-35-38-29-31-39(32-30-38)60-62(67-54-24-10-5-19-44(54)45-20-6-11-25-55(45)67)52(36-65)61(53(37-66)63(60)68-56-26-12-7-21-46(56)47-22-8-13-27-57(47)68)69-58-28-14-9-23-48(58)51-33-49-42-17-3-1-15-40(42)41-16-2-4-18-43(41)50(49)34-59(51)69/h1-34,44,54H. The quantitative estimate of drug-likeness (QED) is 0.165. The molecule has 318 valence electrons. The molecule has 2 aliphatic rings. The van der Waals surface area contributed by atoms with Crippen LogP contribution < -0.4 is 4.90 Å². The van der Waals surface area contributed by atoms with E-state index in [0.717, 1.165) is 87.5 Å². The number of nitrogens with zero attached hydrogens (tertiary/aromatic N) is 6. The second-order valence-corrected chi connectivity index (χ2v) is 18.0. The molecule has 1 aliphatic heterocycles. The van der Waals surface area contributed by atoms with Gasteiger partial charge in [-0.05, 0) is 92.0 Å². The van der Waals surface area contributed by atoms with E-state index in [1.807, 2.05) is 42.5 Å². The van der Waals surface area contributed by atoms with Crippen LogP contribution in [0.5, 0.6) is 0 Å². The highest BCUT2D eigenvalue weighted by Gasteiger charge is 2.42. The van der Waals surface area contributed by atoms with E-state index >= 15 is 0 Å². The molecule has 12 aromatic rings. The lowest BCUT2D eigenvalue weighted by atomic mass is 9.89. The second kappa shape index (κ2) is 14.7. The van der Waals surface area contributed by atoms with Gasteiger partial charge in [0.05, 0.1) is 56.8 Å². The number of hydrogen-bond donors (Lipinski definition) is 0. The molecule has 14 rings (SSSR count). The van der Waals surface area contributed by atoms with Gasteiger partial charge in [-0.3, -0.25) is 0 Å². The van der Waals surface area contributed by atoms with Crippen LogP contribution in [0.15, 0.2) is 206 Å². The summed E-state index contributed by atoms with van der Waals surface area (Å²) >= 11 is 0. The topological polar surface area (TPSA) is 84.5 Å². The predicted molar refractivity (Wildman–Crippen MR) is 281 cm³/mol. The molecule has 2 unspecified atom stereocenters. The third-order valence-electron chi connectivity index (χ3n) is 14.7. The summed E-state index contributed by atoms with van der Waals surface area (Å²) in [5.41, 5.74) is 10.4. The predicted octanol–water partition coefficient (Wildman–Crippen LogP) is 15.4. The molecule has 6 heteroatoms. The molecular weight excluding hydrogens is 841 g/mol. The van der Waals surface area contributed by atoms with Gasteiger partial charge in [0.2, 0.25) is 0 Å². The van der Waals surface area contributed by atoms with Crippen LogP contribution in [-0.4, -0.2) is 15.2 Å². The summed E-state index contributed by atoms with van der Waals surface area (Å²) in [6.07, 6.45) is 8.69. The summed E-state index contributed by atoms with van der Waals surface area (Å²) in [4.78, 5) is 2.34. The average Bonchev–Trinajstić information content (AvgIpc) is 4.05. The molecule has 0 fully saturated rings. The first-order chi connectivity index (χ1) is 34.2. The number of allylic oxidation sites excluding steroid dienone is 2. The molecule has 0 saturated carbocycles. The summed E-state index contributed by atoms with van der Waals surface area (Å²) in [5, 5.41) is 45.6. The summed E-state index contributed by atoms with van der Waals surface area (Å²) in [7, 11) is 0. The number of anilines is 2. The SMILES string of the molecule is N#Cc1ccc(-c2c(N3c4ccccc4C4C=CC=CC43)c(C#N)c(-n3c4ccccc4c4cc5c6ccccc6c6ccccc6c5cc43)c(C#N)c2-n2c3ccccc3c3ccccc32)cc1. The molecule has 0 radical (unpaired) electrons. The van der Waals surface area contributed by atoms with Crippen LogP contribution in [0.4, 0.5) is 11.4 Å². The van der Waals surface area contributed by atoms with E-state index < -0.39 is 0 Å². The zero-order valence-corrected chi connectivity index (χ0v) is 37.0. The van der Waals surface area contributed by atoms with E-state index in [1.165, 1.54) is 10.8 Å². The minimum absolute atomic E-state index is 0.00467. The Hall–Kier alpha value is -9.67. The lowest BCUT2D eigenvalue weighted by Crippen LogP contribution is -2.30. The third kappa shape index (κ3) is 5.27. The number of para-hydroxylation sites is 4. The lowest BCUT2D eigenvalue weighted by Gasteiger charge is -2.34. The van der Waals surface area contributed by atoms with Crippen LogP contribution in [0.3, 0.4) is 0 Å². The van der Waals surface area contributed by atoms with Crippen molar-refractivity contribution in [3.05, 3.63) is 229 Å². The minimum Gasteiger partial charge on any atom is -0.332 e. The Morgan fingerprint density at radius 2 is 0.855 bits per heavy atom. The molecular formula is C63H36N6. The minimum atomic E-state index is -0.190. The van der Waals surface area contributed by atoms with Gasteiger partial charge in [-0.25, -0.2) is 0 Å². The van der Waals surface area contributed by atoms with Gasteiger partial charge < -0.3 is 14.0 Å². The molecule has 0 saturated heterocycles. The Bertz CT molecular complexity index is 4370. The highest BCUT2D eigenvalue weighted by atomic mass is 15.2. The highest BCUT2D eigenvalue weighted by molar-refractivity contribution is 6.29. The molecule has 69 heavy (non-hydrogen) atoms. The molecule has 1 aliphatic carbocycles. The van der Waals surface area contributed by atoms with Gasteiger partial charge in [0.1, 0.15) is 23.3 Å². The Balaban J connectivity index is 1.24. The Morgan fingerprint density at radius 3 is 1.45 bits per heavy atom. The van der Waals surface area contributed by atoms with Crippen molar-refractivity contribution in [1.82, 2.24) is 9.13 Å². The van der Waals surface area contributed by atoms with Gasteiger partial charge in [0.25, 0.3) is 0 Å². The third-order valence-corrected chi connectivity index (χ3v) is 14.7. The van der Waals surface area contributed by atoms with Crippen LogP contribution in [0.1, 0.15) is 28.2 Å². The number of rotatable bonds is 4. The Kier molecular flexibility index (Phi) is 8.20. The van der Waals surface area contributed by atoms with E-state index in [9.17, 15) is 15.8 Å². The molecule has 3 heterocycles. The first-order valence-electron chi connectivity index (χ1n) is 23.2. The van der Waals surface area contributed by atoms with Crippen molar-refractivity contribution >= 4 is 87.3 Å². The number of nitriles is 3. The fourth-order valence-corrected chi connectivity index (χ4v) is 11.9. The van der Waals surface area contributed by atoms with E-state index in [1.54, 1.807) is 0 Å². The molecule has 10 aromatic carbocycles. The summed E-state index contributed by atoms with van der Waals surface area (Å²) in [6.45, 7) is 0. The maximum atomic E-state index is 12.2. The normalized spacial score (nSPS) is 15.1. The van der Waals surface area contributed by atoms with Crippen molar-refractivity contribution in [2.75, 3.05) is 4.90 Å². The van der Waals surface area contributed by atoms with Crippen molar-refractivity contribution in [3.63, 3.8) is 0 Å². The summed E-state index contributed by atoms with van der Waals surface area (Å²) in [5.74, 6) is 0.00467. The maximum absolute atomic E-state index is 12.2. The number of benzene rings is 10. The zero-order chi connectivity index (χ0) is 45.9. The molecule has 0 N–H and O–H groups in total. The van der Waals surface area contributed by atoms with Gasteiger partial charge in [0, 0.05) is 38.7 Å². The first-order valence-corrected chi connectivity index (χ1v) is 23.2. The largest absolute Gasteiger partial charge is 0.332 e. The van der Waals surface area contributed by atoms with Crippen LogP contribution in [0.25, 0.3) is 98.4 Å². The molecule has 0 spiro atoms. The van der Waals surface area contributed by atoms with Crippen molar-refractivity contribution in [3.8, 4) is 40.7 Å². The summed E-state index contributed by atoms with van der Waals surface area (Å²) in [6, 6.07) is 70.7. The van der Waals surface area contributed by atoms with E-state index in [4.69, 9.17) is 0 Å². The Morgan fingerprint density at radius 1 is 0.377 bits per heavy atom. The van der Waals surface area contributed by atoms with Crippen LogP contribution in [0, 0.1) is 34.0 Å². The van der Waals surface area contributed by atoms with Crippen molar-refractivity contribution < 1.29 is 0 Å². The Labute approximate surface area is 396 Å². The number of hydrogen-bond acceptors (Lipinski definition) is 4. The number of fused-ring (bicyclic) bond motifs is 15. The van der Waals surface area contributed by atoms with Crippen molar-refractivity contribution in [1.29, 1.82) is 15.8 Å². The van der Waals surface area contributed by atoms with Crippen LogP contribution >= 0.6 is 0 Å². The summed E-state index contributed by atoms with van der Waals surface area (Å²) < 4.78 is 4.44. The lowest BCUT2D eigenvalue weighted by molar-refractivity contribution is 0.744. The first kappa shape index (κ1) is 38.6. The number of aromatic nitrogens is 2.